The number of aromatic amines is 1. The van der Waals surface area contributed by atoms with Crippen molar-refractivity contribution in [3.05, 3.63) is 65.0 Å². The van der Waals surface area contributed by atoms with Gasteiger partial charge in [0.1, 0.15) is 12.4 Å². The number of nitrogens with zero attached hydrogens (tertiary/aromatic N) is 2. The van der Waals surface area contributed by atoms with E-state index in [0.717, 1.165) is 22.6 Å². The van der Waals surface area contributed by atoms with Crippen molar-refractivity contribution in [1.82, 2.24) is 15.2 Å². The monoisotopic (exact) mass is 382 g/mol. The number of aryl methyl sites for hydroxylation is 3. The number of nitrogens with one attached hydrogen (secondary N) is 2. The fraction of sp³-hybridized carbons (Fsp3) is 0.250. The van der Waals surface area contributed by atoms with Gasteiger partial charge in [0.2, 0.25) is 11.1 Å². The van der Waals surface area contributed by atoms with Gasteiger partial charge in [-0.05, 0) is 50.1 Å². The Hall–Kier alpha value is -2.80. The van der Waals surface area contributed by atoms with Crippen LogP contribution in [0, 0.1) is 20.8 Å². The van der Waals surface area contributed by atoms with Gasteiger partial charge >= 0.3 is 0 Å². The summed E-state index contributed by atoms with van der Waals surface area (Å²) in [6.45, 7) is 6.31. The third kappa shape index (κ3) is 5.59. The highest BCUT2D eigenvalue weighted by molar-refractivity contribution is 7.99. The first-order valence-electron chi connectivity index (χ1n) is 8.60. The van der Waals surface area contributed by atoms with Crippen LogP contribution in [0.25, 0.3) is 0 Å². The fourth-order valence-electron chi connectivity index (χ4n) is 2.53. The third-order valence-corrected chi connectivity index (χ3v) is 4.71. The predicted molar refractivity (Wildman–Crippen MR) is 107 cm³/mol. The molecule has 1 amide bonds. The number of ether oxygens (including phenoxy) is 1. The number of carbonyl (C=O) groups is 1. The number of hydrogen-bond acceptors (Lipinski definition) is 5. The number of anilines is 1. The molecule has 1 aromatic heterocycles. The van der Waals surface area contributed by atoms with Gasteiger partial charge in [-0.3, -0.25) is 9.89 Å². The van der Waals surface area contributed by atoms with E-state index < -0.39 is 0 Å². The van der Waals surface area contributed by atoms with E-state index in [9.17, 15) is 4.79 Å². The highest BCUT2D eigenvalue weighted by Crippen LogP contribution is 2.18. The lowest BCUT2D eigenvalue weighted by Crippen LogP contribution is -2.15. The number of carbonyl (C=O) groups excluding carboxylic acids is 1. The van der Waals surface area contributed by atoms with Crippen molar-refractivity contribution < 1.29 is 9.53 Å². The lowest BCUT2D eigenvalue weighted by molar-refractivity contribution is -0.113. The molecule has 0 aliphatic heterocycles. The van der Waals surface area contributed by atoms with Gasteiger partial charge in [0.05, 0.1) is 5.75 Å². The zero-order valence-electron chi connectivity index (χ0n) is 15.6. The molecule has 6 nitrogen and oxygen atoms in total. The molecule has 0 fully saturated rings. The molecule has 7 heteroatoms. The summed E-state index contributed by atoms with van der Waals surface area (Å²) in [5, 5.41) is 10.4. The number of aromatic nitrogens is 3. The molecule has 0 bridgehead atoms. The lowest BCUT2D eigenvalue weighted by Gasteiger charge is -2.08. The normalized spacial score (nSPS) is 10.6. The van der Waals surface area contributed by atoms with Crippen LogP contribution in [0.5, 0.6) is 5.75 Å². The third-order valence-electron chi connectivity index (χ3n) is 3.86. The molecule has 0 saturated carbocycles. The van der Waals surface area contributed by atoms with Crippen LogP contribution in [0.4, 0.5) is 5.69 Å². The minimum atomic E-state index is -0.0886. The summed E-state index contributed by atoms with van der Waals surface area (Å²) in [5.41, 5.74) is 4.17. The molecule has 3 rings (SSSR count). The van der Waals surface area contributed by atoms with Gasteiger partial charge in [-0.25, -0.2) is 4.98 Å². The molecular weight excluding hydrogens is 360 g/mol. The minimum absolute atomic E-state index is 0.0886. The van der Waals surface area contributed by atoms with Crippen molar-refractivity contribution >= 4 is 23.4 Å². The molecule has 0 saturated heterocycles. The summed E-state index contributed by atoms with van der Waals surface area (Å²) in [6, 6.07) is 13.8. The van der Waals surface area contributed by atoms with E-state index >= 15 is 0 Å². The molecule has 1 heterocycles. The largest absolute Gasteiger partial charge is 0.486 e. The maximum Gasteiger partial charge on any atom is 0.234 e. The number of amides is 1. The van der Waals surface area contributed by atoms with E-state index in [1.807, 2.05) is 63.2 Å². The molecule has 2 aromatic carbocycles. The Labute approximate surface area is 162 Å². The average molecular weight is 382 g/mol. The zero-order valence-corrected chi connectivity index (χ0v) is 16.4. The van der Waals surface area contributed by atoms with E-state index in [2.05, 4.69) is 20.5 Å². The topological polar surface area (TPSA) is 79.9 Å². The highest BCUT2D eigenvalue weighted by atomic mass is 32.2. The summed E-state index contributed by atoms with van der Waals surface area (Å²) in [6.07, 6.45) is 0. The summed E-state index contributed by atoms with van der Waals surface area (Å²) in [7, 11) is 0. The van der Waals surface area contributed by atoms with E-state index in [1.54, 1.807) is 0 Å². The Kier molecular flexibility index (Phi) is 6.13. The van der Waals surface area contributed by atoms with Crippen molar-refractivity contribution in [3.63, 3.8) is 0 Å². The second-order valence-corrected chi connectivity index (χ2v) is 7.27. The molecule has 0 atom stereocenters. The molecular formula is C20H22N4O2S. The Morgan fingerprint density at radius 1 is 1.15 bits per heavy atom. The van der Waals surface area contributed by atoms with Gasteiger partial charge in [0.25, 0.3) is 0 Å². The van der Waals surface area contributed by atoms with Crippen LogP contribution >= 0.6 is 11.8 Å². The number of benzene rings is 2. The number of rotatable bonds is 7. The van der Waals surface area contributed by atoms with Gasteiger partial charge in [-0.15, -0.1) is 5.10 Å². The quantitative estimate of drug-likeness (QED) is 0.603. The average Bonchev–Trinajstić information content (AvgIpc) is 3.09. The molecule has 3 aromatic rings. The Morgan fingerprint density at radius 2 is 1.96 bits per heavy atom. The van der Waals surface area contributed by atoms with E-state index in [1.165, 1.54) is 17.3 Å². The summed E-state index contributed by atoms with van der Waals surface area (Å²) >= 11 is 1.28. The fourth-order valence-corrected chi connectivity index (χ4v) is 3.15. The van der Waals surface area contributed by atoms with Gasteiger partial charge in [0, 0.05) is 5.69 Å². The molecule has 0 radical (unpaired) electrons. The van der Waals surface area contributed by atoms with Crippen molar-refractivity contribution in [3.8, 4) is 5.75 Å². The molecule has 0 aliphatic rings. The van der Waals surface area contributed by atoms with Crippen LogP contribution in [-0.2, 0) is 11.4 Å². The minimum Gasteiger partial charge on any atom is -0.486 e. The maximum atomic E-state index is 12.1. The molecule has 140 valence electrons. The Bertz CT molecular complexity index is 939. The lowest BCUT2D eigenvalue weighted by atomic mass is 10.1. The maximum absolute atomic E-state index is 12.1. The van der Waals surface area contributed by atoms with Gasteiger partial charge in [-0.2, -0.15) is 0 Å². The van der Waals surface area contributed by atoms with Crippen LogP contribution in [0.15, 0.2) is 47.6 Å². The Morgan fingerprint density at radius 3 is 2.74 bits per heavy atom. The smallest absolute Gasteiger partial charge is 0.234 e. The van der Waals surface area contributed by atoms with E-state index in [0.29, 0.717) is 17.6 Å². The standard InChI is InChI=1S/C20H22N4O2S/c1-13-5-4-6-16(10-13)26-11-18-22-20(24-23-18)27-12-19(25)21-17-8-7-14(2)9-15(17)3/h4-10H,11-12H2,1-3H3,(H,21,25)(H,22,23,24). The number of thioether (sulfide) groups is 1. The zero-order chi connectivity index (χ0) is 19.2. The van der Waals surface area contributed by atoms with Crippen LogP contribution in [0.1, 0.15) is 22.5 Å². The first-order valence-corrected chi connectivity index (χ1v) is 9.59. The molecule has 0 aliphatic carbocycles. The summed E-state index contributed by atoms with van der Waals surface area (Å²) in [4.78, 5) is 16.5. The second kappa shape index (κ2) is 8.73. The van der Waals surface area contributed by atoms with Crippen molar-refractivity contribution in [1.29, 1.82) is 0 Å². The van der Waals surface area contributed by atoms with E-state index in [-0.39, 0.29) is 11.7 Å². The second-order valence-electron chi connectivity index (χ2n) is 6.33. The van der Waals surface area contributed by atoms with Crippen molar-refractivity contribution in [2.45, 2.75) is 32.5 Å². The predicted octanol–water partition coefficient (Wildman–Crippen LogP) is 4.04. The van der Waals surface area contributed by atoms with Crippen LogP contribution in [-0.4, -0.2) is 26.8 Å². The van der Waals surface area contributed by atoms with Crippen LogP contribution in [0.3, 0.4) is 0 Å². The number of hydrogen-bond donors (Lipinski definition) is 2. The van der Waals surface area contributed by atoms with Crippen LogP contribution in [0.2, 0.25) is 0 Å². The first-order chi connectivity index (χ1) is 13.0. The van der Waals surface area contributed by atoms with Crippen molar-refractivity contribution in [2.24, 2.45) is 0 Å². The van der Waals surface area contributed by atoms with Crippen LogP contribution < -0.4 is 10.1 Å². The van der Waals surface area contributed by atoms with Gasteiger partial charge in [-0.1, -0.05) is 41.6 Å². The van der Waals surface area contributed by atoms with Crippen molar-refractivity contribution in [2.75, 3.05) is 11.1 Å². The highest BCUT2D eigenvalue weighted by Gasteiger charge is 2.10. The SMILES string of the molecule is Cc1cccc(OCc2nc(SCC(=O)Nc3ccc(C)cc3C)n[nH]2)c1. The van der Waals surface area contributed by atoms with E-state index in [4.69, 9.17) is 4.74 Å². The Balaban J connectivity index is 1.48. The first kappa shape index (κ1) is 19.0. The van der Waals surface area contributed by atoms with Gasteiger partial charge in [0.15, 0.2) is 5.82 Å². The number of H-pyrrole nitrogens is 1. The molecule has 2 N–H and O–H groups in total. The molecule has 27 heavy (non-hydrogen) atoms. The molecule has 0 spiro atoms. The summed E-state index contributed by atoms with van der Waals surface area (Å²) < 4.78 is 5.69. The summed E-state index contributed by atoms with van der Waals surface area (Å²) in [5.74, 6) is 1.56. The van der Waals surface area contributed by atoms with Gasteiger partial charge < -0.3 is 10.1 Å². The molecule has 0 unspecified atom stereocenters.